The van der Waals surface area contributed by atoms with E-state index in [1.165, 1.54) is 0 Å². The van der Waals surface area contributed by atoms with Crippen LogP contribution >= 0.6 is 0 Å². The van der Waals surface area contributed by atoms with E-state index >= 15 is 0 Å². The van der Waals surface area contributed by atoms with Gasteiger partial charge in [0.2, 0.25) is 5.78 Å². The van der Waals surface area contributed by atoms with E-state index in [0.717, 1.165) is 27.6 Å². The van der Waals surface area contributed by atoms with Crippen LogP contribution in [0.1, 0.15) is 27.2 Å². The lowest BCUT2D eigenvalue weighted by molar-refractivity contribution is -0.136. The summed E-state index contributed by atoms with van der Waals surface area (Å²) in [6, 6.07) is 22.0. The van der Waals surface area contributed by atoms with Crippen molar-refractivity contribution in [1.29, 1.82) is 0 Å². The van der Waals surface area contributed by atoms with Gasteiger partial charge in [-0.1, -0.05) is 60.7 Å². The van der Waals surface area contributed by atoms with Gasteiger partial charge in [-0.05, 0) is 28.8 Å². The van der Waals surface area contributed by atoms with E-state index in [4.69, 9.17) is 0 Å². The number of aliphatic carboxylic acids is 1. The second kappa shape index (κ2) is 7.73. The van der Waals surface area contributed by atoms with Gasteiger partial charge in [0.15, 0.2) is 0 Å². The Labute approximate surface area is 167 Å². The SMILES string of the molecule is O=C(O)Cc1c(C(=O)c2cccc(-c3ccc(CO)cc3)c2)[nH]c2ccccc12. The number of benzene rings is 3. The largest absolute Gasteiger partial charge is 0.481 e. The van der Waals surface area contributed by atoms with E-state index in [9.17, 15) is 19.8 Å². The van der Waals surface area contributed by atoms with Gasteiger partial charge in [-0.3, -0.25) is 9.59 Å². The molecular weight excluding hydrogens is 366 g/mol. The number of nitrogens with one attached hydrogen (secondary N) is 1. The molecule has 0 aliphatic rings. The molecule has 0 saturated carbocycles. The highest BCUT2D eigenvalue weighted by Gasteiger charge is 2.21. The van der Waals surface area contributed by atoms with Crippen LogP contribution in [0.3, 0.4) is 0 Å². The number of carbonyl (C=O) groups is 2. The highest BCUT2D eigenvalue weighted by atomic mass is 16.4. The molecule has 0 spiro atoms. The first-order valence-corrected chi connectivity index (χ1v) is 9.23. The molecule has 0 bridgehead atoms. The summed E-state index contributed by atoms with van der Waals surface area (Å²) in [7, 11) is 0. The second-order valence-corrected chi connectivity index (χ2v) is 6.86. The molecule has 0 aliphatic heterocycles. The monoisotopic (exact) mass is 385 g/mol. The standard InChI is InChI=1S/C24H19NO4/c26-14-15-8-10-16(11-9-15)17-4-3-5-18(12-17)24(29)23-20(13-22(27)28)19-6-1-2-7-21(19)25-23/h1-12,25-26H,13-14H2,(H,27,28). The lowest BCUT2D eigenvalue weighted by atomic mass is 9.97. The Kier molecular flexibility index (Phi) is 4.97. The topological polar surface area (TPSA) is 90.4 Å². The molecule has 3 aromatic carbocycles. The quantitative estimate of drug-likeness (QED) is 0.434. The Balaban J connectivity index is 1.76. The van der Waals surface area contributed by atoms with E-state index in [0.29, 0.717) is 16.8 Å². The van der Waals surface area contributed by atoms with E-state index in [1.807, 2.05) is 60.7 Å². The van der Waals surface area contributed by atoms with E-state index in [2.05, 4.69) is 4.98 Å². The van der Waals surface area contributed by atoms with Crippen molar-refractivity contribution in [2.24, 2.45) is 0 Å². The molecular formula is C24H19NO4. The molecule has 0 unspecified atom stereocenters. The van der Waals surface area contributed by atoms with Gasteiger partial charge in [0.25, 0.3) is 0 Å². The number of carboxylic acids is 1. The summed E-state index contributed by atoms with van der Waals surface area (Å²) in [5.74, 6) is -1.23. The molecule has 3 N–H and O–H groups in total. The summed E-state index contributed by atoms with van der Waals surface area (Å²) in [5.41, 5.74) is 4.64. The van der Waals surface area contributed by atoms with Crippen LogP contribution < -0.4 is 0 Å². The highest BCUT2D eigenvalue weighted by Crippen LogP contribution is 2.27. The number of fused-ring (bicyclic) bond motifs is 1. The van der Waals surface area contributed by atoms with Crippen LogP contribution in [0.4, 0.5) is 0 Å². The van der Waals surface area contributed by atoms with Gasteiger partial charge < -0.3 is 15.2 Å². The average Bonchev–Trinajstić information content (AvgIpc) is 3.11. The van der Waals surface area contributed by atoms with Crippen LogP contribution in [0.2, 0.25) is 0 Å². The number of aliphatic hydroxyl groups is 1. The van der Waals surface area contributed by atoms with Crippen molar-refractivity contribution in [1.82, 2.24) is 4.98 Å². The molecule has 29 heavy (non-hydrogen) atoms. The molecule has 144 valence electrons. The number of carbonyl (C=O) groups excluding carboxylic acids is 1. The summed E-state index contributed by atoms with van der Waals surface area (Å²) >= 11 is 0. The van der Waals surface area contributed by atoms with Crippen LogP contribution in [-0.4, -0.2) is 26.9 Å². The Morgan fingerprint density at radius 2 is 1.62 bits per heavy atom. The number of aromatic amines is 1. The van der Waals surface area contributed by atoms with E-state index < -0.39 is 5.97 Å². The summed E-state index contributed by atoms with van der Waals surface area (Å²) < 4.78 is 0. The van der Waals surface area contributed by atoms with Gasteiger partial charge in [0.1, 0.15) is 0 Å². The average molecular weight is 385 g/mol. The second-order valence-electron chi connectivity index (χ2n) is 6.86. The van der Waals surface area contributed by atoms with Gasteiger partial charge in [-0.25, -0.2) is 0 Å². The lowest BCUT2D eigenvalue weighted by Gasteiger charge is -2.07. The van der Waals surface area contributed by atoms with Gasteiger partial charge in [0, 0.05) is 22.0 Å². The predicted molar refractivity (Wildman–Crippen MR) is 111 cm³/mol. The van der Waals surface area contributed by atoms with Crippen LogP contribution in [0.15, 0.2) is 72.8 Å². The molecule has 0 amide bonds. The lowest BCUT2D eigenvalue weighted by Crippen LogP contribution is -2.09. The number of para-hydroxylation sites is 1. The first-order chi connectivity index (χ1) is 14.1. The van der Waals surface area contributed by atoms with Crippen molar-refractivity contribution in [2.45, 2.75) is 13.0 Å². The predicted octanol–water partition coefficient (Wildman–Crippen LogP) is 4.19. The number of H-pyrrole nitrogens is 1. The fourth-order valence-electron chi connectivity index (χ4n) is 3.52. The Morgan fingerprint density at radius 3 is 2.34 bits per heavy atom. The number of hydrogen-bond acceptors (Lipinski definition) is 3. The maximum Gasteiger partial charge on any atom is 0.307 e. The fraction of sp³-hybridized carbons (Fsp3) is 0.0833. The summed E-state index contributed by atoms with van der Waals surface area (Å²) in [6.45, 7) is -0.0223. The van der Waals surface area contributed by atoms with Gasteiger partial charge in [-0.15, -0.1) is 0 Å². The first-order valence-electron chi connectivity index (χ1n) is 9.23. The number of hydrogen-bond donors (Lipinski definition) is 3. The molecule has 4 rings (SSSR count). The molecule has 0 radical (unpaired) electrons. The molecule has 1 heterocycles. The van der Waals surface area contributed by atoms with Gasteiger partial charge in [0.05, 0.1) is 18.7 Å². The summed E-state index contributed by atoms with van der Waals surface area (Å²) in [6.07, 6.45) is -0.229. The van der Waals surface area contributed by atoms with Crippen molar-refractivity contribution in [2.75, 3.05) is 0 Å². The van der Waals surface area contributed by atoms with Crippen LogP contribution in [-0.2, 0) is 17.8 Å². The fourth-order valence-corrected chi connectivity index (χ4v) is 3.52. The highest BCUT2D eigenvalue weighted by molar-refractivity contribution is 6.12. The minimum atomic E-state index is -0.985. The van der Waals surface area contributed by atoms with E-state index in [-0.39, 0.29) is 18.8 Å². The molecule has 1 aromatic heterocycles. The normalized spacial score (nSPS) is 10.9. The molecule has 0 fully saturated rings. The number of ketones is 1. The van der Waals surface area contributed by atoms with Crippen molar-refractivity contribution >= 4 is 22.7 Å². The number of carboxylic acid groups (broad SMARTS) is 1. The zero-order valence-electron chi connectivity index (χ0n) is 15.6. The van der Waals surface area contributed by atoms with Gasteiger partial charge >= 0.3 is 5.97 Å². The maximum atomic E-state index is 13.2. The minimum Gasteiger partial charge on any atom is -0.481 e. The number of aromatic nitrogens is 1. The first kappa shape index (κ1) is 18.7. The smallest absolute Gasteiger partial charge is 0.307 e. The maximum absolute atomic E-state index is 13.2. The zero-order chi connectivity index (χ0) is 20.4. The third kappa shape index (κ3) is 3.68. The zero-order valence-corrected chi connectivity index (χ0v) is 15.6. The molecule has 0 aliphatic carbocycles. The Hall–Kier alpha value is -3.70. The minimum absolute atomic E-state index is 0.0223. The summed E-state index contributed by atoms with van der Waals surface area (Å²) in [4.78, 5) is 27.7. The van der Waals surface area contributed by atoms with Gasteiger partial charge in [-0.2, -0.15) is 0 Å². The van der Waals surface area contributed by atoms with Crippen molar-refractivity contribution in [3.05, 3.63) is 95.2 Å². The van der Waals surface area contributed by atoms with Crippen molar-refractivity contribution in [3.63, 3.8) is 0 Å². The molecule has 4 aromatic rings. The number of rotatable bonds is 6. The molecule has 5 nitrogen and oxygen atoms in total. The molecule has 5 heteroatoms. The number of aliphatic hydroxyl groups excluding tert-OH is 1. The Morgan fingerprint density at radius 1 is 0.862 bits per heavy atom. The summed E-state index contributed by atoms with van der Waals surface area (Å²) in [5, 5.41) is 19.3. The van der Waals surface area contributed by atoms with Crippen molar-refractivity contribution < 1.29 is 19.8 Å². The molecule has 0 atom stereocenters. The Bertz CT molecular complexity index is 1210. The van der Waals surface area contributed by atoms with E-state index in [1.54, 1.807) is 12.1 Å². The van der Waals surface area contributed by atoms with Crippen LogP contribution in [0, 0.1) is 0 Å². The van der Waals surface area contributed by atoms with Crippen LogP contribution in [0.5, 0.6) is 0 Å². The molecule has 0 saturated heterocycles. The third-order valence-corrected chi connectivity index (χ3v) is 4.96. The third-order valence-electron chi connectivity index (χ3n) is 4.96. The van der Waals surface area contributed by atoms with Crippen LogP contribution in [0.25, 0.3) is 22.0 Å². The van der Waals surface area contributed by atoms with Crippen molar-refractivity contribution in [3.8, 4) is 11.1 Å².